The van der Waals surface area contributed by atoms with Gasteiger partial charge in [0.1, 0.15) is 23.2 Å². The highest BCUT2D eigenvalue weighted by Crippen LogP contribution is 2.30. The zero-order valence-electron chi connectivity index (χ0n) is 15.4. The number of β-lactam (4-membered cyclic amide) rings is 1. The number of hydrogen-bond donors (Lipinski definition) is 3. The van der Waals surface area contributed by atoms with Gasteiger partial charge in [-0.2, -0.15) is 15.0 Å². The average molecular weight is 391 g/mol. The van der Waals surface area contributed by atoms with E-state index in [1.807, 2.05) is 0 Å². The number of aliphatic hydroxyl groups is 1. The van der Waals surface area contributed by atoms with E-state index >= 15 is 0 Å². The van der Waals surface area contributed by atoms with Crippen molar-refractivity contribution in [3.05, 3.63) is 35.7 Å². The number of ether oxygens (including phenoxy) is 2. The third-order valence-electron chi connectivity index (χ3n) is 4.54. The lowest BCUT2D eigenvalue weighted by molar-refractivity contribution is -0.153. The summed E-state index contributed by atoms with van der Waals surface area (Å²) in [6.07, 6.45) is 0.131. The van der Waals surface area contributed by atoms with Crippen molar-refractivity contribution in [1.82, 2.24) is 25.2 Å². The Labute approximate surface area is 160 Å². The molecule has 1 fully saturated rings. The van der Waals surface area contributed by atoms with Crippen LogP contribution in [-0.4, -0.2) is 68.4 Å². The largest absolute Gasteiger partial charge is 0.497 e. The maximum atomic E-state index is 12.5. The molecule has 28 heavy (non-hydrogen) atoms. The Morgan fingerprint density at radius 2 is 2.11 bits per heavy atom. The van der Waals surface area contributed by atoms with Crippen LogP contribution in [-0.2, 0) is 24.5 Å². The molecule has 3 N–H and O–H groups in total. The summed E-state index contributed by atoms with van der Waals surface area (Å²) in [5.41, 5.74) is 1.14. The lowest BCUT2D eigenvalue weighted by Gasteiger charge is -2.46. The van der Waals surface area contributed by atoms with Crippen molar-refractivity contribution in [2.45, 2.75) is 31.8 Å². The van der Waals surface area contributed by atoms with Gasteiger partial charge in [-0.15, -0.1) is 0 Å². The van der Waals surface area contributed by atoms with Gasteiger partial charge in [0.15, 0.2) is 0 Å². The monoisotopic (exact) mass is 391 g/mol. The summed E-state index contributed by atoms with van der Waals surface area (Å²) in [7, 11) is 3.07. The van der Waals surface area contributed by atoms with Crippen molar-refractivity contribution < 1.29 is 29.3 Å². The fraction of sp³-hybridized carbons (Fsp3) is 0.412. The lowest BCUT2D eigenvalue weighted by Crippen LogP contribution is -2.71. The average Bonchev–Trinajstić information content (AvgIpc) is 3.16. The van der Waals surface area contributed by atoms with Crippen LogP contribution < -0.4 is 14.8 Å². The summed E-state index contributed by atoms with van der Waals surface area (Å²) in [6, 6.07) is 3.87. The van der Waals surface area contributed by atoms with Crippen molar-refractivity contribution in [2.75, 3.05) is 14.2 Å². The smallest absolute Gasteiger partial charge is 0.405 e. The number of nitrogens with zero attached hydrogens (tertiary/aromatic N) is 4. The maximum absolute atomic E-state index is 12.5. The normalized spacial score (nSPS) is 18.5. The van der Waals surface area contributed by atoms with Crippen LogP contribution in [0.3, 0.4) is 0 Å². The van der Waals surface area contributed by atoms with Crippen molar-refractivity contribution >= 4 is 12.0 Å². The first-order chi connectivity index (χ1) is 13.5. The number of nitrogens with one attached hydrogen (secondary N) is 1. The first-order valence-electron chi connectivity index (χ1n) is 8.47. The number of aromatic nitrogens is 3. The van der Waals surface area contributed by atoms with E-state index in [1.54, 1.807) is 25.3 Å². The van der Waals surface area contributed by atoms with Crippen LogP contribution in [0.25, 0.3) is 0 Å². The first-order valence-corrected chi connectivity index (χ1v) is 8.47. The van der Waals surface area contributed by atoms with Gasteiger partial charge in [-0.1, -0.05) is 0 Å². The molecule has 0 bridgehead atoms. The summed E-state index contributed by atoms with van der Waals surface area (Å²) in [6.45, 7) is 0.144. The molecule has 2 heterocycles. The number of benzene rings is 1. The van der Waals surface area contributed by atoms with Crippen molar-refractivity contribution in [2.24, 2.45) is 0 Å². The van der Waals surface area contributed by atoms with Gasteiger partial charge < -0.3 is 29.9 Å². The minimum absolute atomic E-state index is 0.176. The van der Waals surface area contributed by atoms with Crippen LogP contribution in [0.5, 0.6) is 11.5 Å². The number of likely N-dealkylation sites (tertiary alicyclic amines) is 1. The highest BCUT2D eigenvalue weighted by atomic mass is 16.5. The predicted octanol–water partition coefficient (Wildman–Crippen LogP) is -0.165. The number of rotatable bonds is 8. The summed E-state index contributed by atoms with van der Waals surface area (Å²) in [4.78, 5) is 26.4. The van der Waals surface area contributed by atoms with Crippen LogP contribution in [0.2, 0.25) is 0 Å². The van der Waals surface area contributed by atoms with Gasteiger partial charge in [0, 0.05) is 18.2 Å². The summed E-state index contributed by atoms with van der Waals surface area (Å²) >= 11 is 0. The van der Waals surface area contributed by atoms with Gasteiger partial charge >= 0.3 is 6.09 Å². The number of methoxy groups -OCH3 is 2. The molecule has 0 spiro atoms. The van der Waals surface area contributed by atoms with E-state index in [1.165, 1.54) is 23.0 Å². The topological polar surface area (TPSA) is 139 Å². The molecule has 0 aliphatic carbocycles. The molecular weight excluding hydrogens is 370 g/mol. The summed E-state index contributed by atoms with van der Waals surface area (Å²) in [5, 5.41) is 28.5. The minimum Gasteiger partial charge on any atom is -0.497 e. The fourth-order valence-electron chi connectivity index (χ4n) is 3.12. The second-order valence-electron chi connectivity index (χ2n) is 6.19. The molecule has 0 saturated carbocycles. The van der Waals surface area contributed by atoms with E-state index < -0.39 is 18.2 Å². The highest BCUT2D eigenvalue weighted by Gasteiger charge is 2.48. The van der Waals surface area contributed by atoms with Gasteiger partial charge in [-0.3, -0.25) is 4.79 Å². The Morgan fingerprint density at radius 1 is 1.32 bits per heavy atom. The van der Waals surface area contributed by atoms with Crippen molar-refractivity contribution in [3.63, 3.8) is 0 Å². The van der Waals surface area contributed by atoms with Gasteiger partial charge in [-0.05, 0) is 12.1 Å². The first kappa shape index (κ1) is 19.4. The molecule has 1 aliphatic rings. The van der Waals surface area contributed by atoms with E-state index in [-0.39, 0.29) is 25.6 Å². The van der Waals surface area contributed by atoms with Crippen LogP contribution >= 0.6 is 0 Å². The molecular formula is C17H21N5O6. The molecule has 11 heteroatoms. The molecule has 2 amide bonds. The second-order valence-corrected chi connectivity index (χ2v) is 6.19. The number of carbonyl (C=O) groups excluding carboxylic acids is 1. The number of carboxylic acid groups (broad SMARTS) is 1. The minimum atomic E-state index is -1.28. The van der Waals surface area contributed by atoms with Gasteiger partial charge in [0.25, 0.3) is 0 Å². The Bertz CT molecular complexity index is 869. The SMILES string of the molecule is COc1ccc(CN2C(=O)[C@@H](NC(=O)O)[C@H]2Cn2ncc(CO)n2)c(OC)c1. The molecule has 1 aromatic heterocycles. The number of amides is 2. The quantitative estimate of drug-likeness (QED) is 0.527. The second kappa shape index (κ2) is 8.13. The molecule has 2 aromatic rings. The predicted molar refractivity (Wildman–Crippen MR) is 94.8 cm³/mol. The third-order valence-corrected chi connectivity index (χ3v) is 4.54. The maximum Gasteiger partial charge on any atom is 0.405 e. The molecule has 1 saturated heterocycles. The number of hydrogen-bond acceptors (Lipinski definition) is 7. The lowest BCUT2D eigenvalue weighted by atomic mass is 9.94. The highest BCUT2D eigenvalue weighted by molar-refractivity contribution is 5.92. The van der Waals surface area contributed by atoms with E-state index in [0.29, 0.717) is 17.2 Å². The summed E-state index contributed by atoms with van der Waals surface area (Å²) < 4.78 is 10.5. The van der Waals surface area contributed by atoms with Gasteiger partial charge in [-0.25, -0.2) is 4.79 Å². The Balaban J connectivity index is 1.81. The zero-order chi connectivity index (χ0) is 20.3. The fourth-order valence-corrected chi connectivity index (χ4v) is 3.12. The molecule has 1 aromatic carbocycles. The van der Waals surface area contributed by atoms with E-state index in [4.69, 9.17) is 19.7 Å². The van der Waals surface area contributed by atoms with Crippen LogP contribution in [0.4, 0.5) is 4.79 Å². The van der Waals surface area contributed by atoms with Crippen LogP contribution in [0, 0.1) is 0 Å². The zero-order valence-corrected chi connectivity index (χ0v) is 15.4. The summed E-state index contributed by atoms with van der Waals surface area (Å²) in [5.74, 6) is 0.829. The number of aliphatic hydroxyl groups excluding tert-OH is 1. The Hall–Kier alpha value is -3.34. The van der Waals surface area contributed by atoms with Crippen molar-refractivity contribution in [1.29, 1.82) is 0 Å². The van der Waals surface area contributed by atoms with Crippen LogP contribution in [0.15, 0.2) is 24.4 Å². The standard InChI is InChI=1S/C17H21N5O6/c1-27-12-4-3-10(14(5-12)28-2)7-21-13(15(16(21)24)19-17(25)26)8-22-18-6-11(9-23)20-22/h3-6,13,15,19,23H,7-9H2,1-2H3,(H,25,26)/t13-,15+/m1/s1. The van der Waals surface area contributed by atoms with Crippen LogP contribution in [0.1, 0.15) is 11.3 Å². The Morgan fingerprint density at radius 3 is 2.71 bits per heavy atom. The Kier molecular flexibility index (Phi) is 5.64. The molecule has 11 nitrogen and oxygen atoms in total. The van der Waals surface area contributed by atoms with Crippen molar-refractivity contribution in [3.8, 4) is 11.5 Å². The molecule has 2 atom stereocenters. The molecule has 3 rings (SSSR count). The molecule has 150 valence electrons. The number of carbonyl (C=O) groups is 2. The molecule has 1 aliphatic heterocycles. The van der Waals surface area contributed by atoms with E-state index in [0.717, 1.165) is 5.56 Å². The van der Waals surface area contributed by atoms with E-state index in [9.17, 15) is 9.59 Å². The van der Waals surface area contributed by atoms with Gasteiger partial charge in [0.05, 0.1) is 39.6 Å². The van der Waals surface area contributed by atoms with E-state index in [2.05, 4.69) is 15.5 Å². The molecule has 0 radical (unpaired) electrons. The molecule has 0 unspecified atom stereocenters. The van der Waals surface area contributed by atoms with Gasteiger partial charge in [0.2, 0.25) is 5.91 Å². The third kappa shape index (κ3) is 3.83.